The normalized spacial score (nSPS) is 17.1. The first-order chi connectivity index (χ1) is 17.4. The molecule has 0 saturated carbocycles. The number of hydrogen-bond acceptors (Lipinski definition) is 8. The summed E-state index contributed by atoms with van der Waals surface area (Å²) in [5.41, 5.74) is 1.25. The van der Waals surface area contributed by atoms with Gasteiger partial charge in [0.15, 0.2) is 5.13 Å². The van der Waals surface area contributed by atoms with Crippen LogP contribution in [0.4, 0.5) is 5.13 Å². The highest BCUT2D eigenvalue weighted by atomic mass is 35.5. The van der Waals surface area contributed by atoms with Crippen molar-refractivity contribution >= 4 is 55.7 Å². The Kier molecular flexibility index (Phi) is 6.34. The number of thiazole rings is 1. The molecule has 1 aliphatic heterocycles. The van der Waals surface area contributed by atoms with Gasteiger partial charge in [0.1, 0.15) is 17.3 Å². The van der Waals surface area contributed by atoms with Gasteiger partial charge < -0.3 is 14.6 Å². The fourth-order valence-electron chi connectivity index (χ4n) is 4.09. The Bertz CT molecular complexity index is 1520. The molecule has 5 rings (SSSR count). The number of nitrogens with zero attached hydrogens (tertiary/aromatic N) is 3. The third kappa shape index (κ3) is 4.06. The summed E-state index contributed by atoms with van der Waals surface area (Å²) in [6.07, 6.45) is 3.13. The van der Waals surface area contributed by atoms with Gasteiger partial charge in [-0.2, -0.15) is 0 Å². The maximum atomic E-state index is 13.4. The number of carbonyl (C=O) groups is 2. The molecule has 2 aromatic carbocycles. The summed E-state index contributed by atoms with van der Waals surface area (Å²) in [4.78, 5) is 36.8. The van der Waals surface area contributed by atoms with E-state index in [4.69, 9.17) is 21.1 Å². The van der Waals surface area contributed by atoms with E-state index in [9.17, 15) is 14.7 Å². The van der Waals surface area contributed by atoms with Gasteiger partial charge in [0.25, 0.3) is 5.78 Å². The molecule has 1 saturated heterocycles. The number of aliphatic hydroxyl groups is 1. The number of fused-ring (bicyclic) bond motifs is 1. The van der Waals surface area contributed by atoms with E-state index in [1.807, 2.05) is 13.0 Å². The molecular formula is C26H20ClN3O5S. The number of halogens is 1. The Morgan fingerprint density at radius 1 is 1.17 bits per heavy atom. The van der Waals surface area contributed by atoms with Gasteiger partial charge in [-0.25, -0.2) is 4.98 Å². The van der Waals surface area contributed by atoms with Crippen molar-refractivity contribution < 1.29 is 24.2 Å². The van der Waals surface area contributed by atoms with Crippen molar-refractivity contribution in [2.24, 2.45) is 0 Å². The third-order valence-electron chi connectivity index (χ3n) is 5.74. The number of ether oxygens (including phenoxy) is 2. The average molecular weight is 522 g/mol. The van der Waals surface area contributed by atoms with Gasteiger partial charge in [0, 0.05) is 18.0 Å². The van der Waals surface area contributed by atoms with Crippen LogP contribution < -0.4 is 14.4 Å². The third-order valence-corrected chi connectivity index (χ3v) is 7.09. The number of methoxy groups -OCH3 is 1. The summed E-state index contributed by atoms with van der Waals surface area (Å²) in [5.74, 6) is -0.959. The number of aliphatic hydroxyl groups excluding tert-OH is 1. The molecule has 8 nitrogen and oxygen atoms in total. The molecule has 1 fully saturated rings. The van der Waals surface area contributed by atoms with Gasteiger partial charge in [0.05, 0.1) is 40.6 Å². The number of pyridine rings is 1. The van der Waals surface area contributed by atoms with Gasteiger partial charge >= 0.3 is 5.91 Å². The minimum Gasteiger partial charge on any atom is -0.507 e. The molecule has 1 unspecified atom stereocenters. The largest absolute Gasteiger partial charge is 0.507 e. The van der Waals surface area contributed by atoms with E-state index < -0.39 is 23.5 Å². The van der Waals surface area contributed by atoms with Crippen molar-refractivity contribution in [1.82, 2.24) is 9.97 Å². The predicted molar refractivity (Wildman–Crippen MR) is 138 cm³/mol. The minimum atomic E-state index is -0.965. The topological polar surface area (TPSA) is 102 Å². The zero-order chi connectivity index (χ0) is 25.4. The van der Waals surface area contributed by atoms with Crippen LogP contribution in [-0.2, 0) is 9.59 Å². The monoisotopic (exact) mass is 521 g/mol. The molecule has 3 heterocycles. The Hall–Kier alpha value is -3.95. The fourth-order valence-corrected chi connectivity index (χ4v) is 5.32. The van der Waals surface area contributed by atoms with E-state index in [0.29, 0.717) is 34.3 Å². The van der Waals surface area contributed by atoms with Crippen LogP contribution in [0.1, 0.15) is 24.1 Å². The van der Waals surface area contributed by atoms with E-state index >= 15 is 0 Å². The molecule has 1 atom stereocenters. The molecule has 182 valence electrons. The maximum Gasteiger partial charge on any atom is 0.301 e. The van der Waals surface area contributed by atoms with Crippen molar-refractivity contribution in [2.75, 3.05) is 18.6 Å². The molecule has 2 aromatic heterocycles. The summed E-state index contributed by atoms with van der Waals surface area (Å²) >= 11 is 7.61. The lowest BCUT2D eigenvalue weighted by molar-refractivity contribution is -0.132. The summed E-state index contributed by atoms with van der Waals surface area (Å²) in [7, 11) is 1.48. The van der Waals surface area contributed by atoms with E-state index in [1.54, 1.807) is 48.8 Å². The van der Waals surface area contributed by atoms with E-state index in [1.165, 1.54) is 29.4 Å². The quantitative estimate of drug-likeness (QED) is 0.206. The van der Waals surface area contributed by atoms with Crippen LogP contribution >= 0.6 is 22.9 Å². The molecule has 1 aliphatic rings. The standard InChI is InChI=1S/C26H20ClN3O5S/c1-3-35-16-7-9-19-20(12-16)36-26(29-19)30-22(14-5-4-10-28-13-14)21(24(32)25(30)33)23(31)17-11-15(34-2)6-8-18(17)27/h4-13,22,31H,3H2,1-2H3/b23-21+. The highest BCUT2D eigenvalue weighted by Gasteiger charge is 2.48. The molecule has 0 spiro atoms. The lowest BCUT2D eigenvalue weighted by Gasteiger charge is -2.22. The van der Waals surface area contributed by atoms with E-state index in [0.717, 1.165) is 4.70 Å². The first-order valence-electron chi connectivity index (χ1n) is 11.0. The van der Waals surface area contributed by atoms with Crippen LogP contribution in [0.5, 0.6) is 11.5 Å². The van der Waals surface area contributed by atoms with Crippen molar-refractivity contribution in [3.8, 4) is 11.5 Å². The Morgan fingerprint density at radius 2 is 1.97 bits per heavy atom. The Labute approximate surface area is 215 Å². The molecule has 0 radical (unpaired) electrons. The number of benzene rings is 2. The molecule has 4 aromatic rings. The fraction of sp³-hybridized carbons (Fsp3) is 0.154. The van der Waals surface area contributed by atoms with Crippen molar-refractivity contribution in [3.63, 3.8) is 0 Å². The molecule has 0 aliphatic carbocycles. The number of anilines is 1. The van der Waals surface area contributed by atoms with E-state index in [2.05, 4.69) is 9.97 Å². The summed E-state index contributed by atoms with van der Waals surface area (Å²) in [6, 6.07) is 12.6. The molecular weight excluding hydrogens is 502 g/mol. The summed E-state index contributed by atoms with van der Waals surface area (Å²) < 4.78 is 11.6. The zero-order valence-electron chi connectivity index (χ0n) is 19.3. The second-order valence-electron chi connectivity index (χ2n) is 7.86. The number of ketones is 1. The van der Waals surface area contributed by atoms with Gasteiger partial charge in [0.2, 0.25) is 0 Å². The van der Waals surface area contributed by atoms with Crippen LogP contribution in [0.15, 0.2) is 66.5 Å². The Balaban J connectivity index is 1.70. The van der Waals surface area contributed by atoms with Crippen LogP contribution in [0.25, 0.3) is 16.0 Å². The first kappa shape index (κ1) is 23.8. The van der Waals surface area contributed by atoms with Crippen molar-refractivity contribution in [3.05, 3.63) is 82.6 Å². The van der Waals surface area contributed by atoms with Gasteiger partial charge in [-0.05, 0) is 55.0 Å². The smallest absolute Gasteiger partial charge is 0.301 e. The van der Waals surface area contributed by atoms with E-state index in [-0.39, 0.29) is 16.2 Å². The van der Waals surface area contributed by atoms with Crippen molar-refractivity contribution in [1.29, 1.82) is 0 Å². The van der Waals surface area contributed by atoms with Gasteiger partial charge in [-0.15, -0.1) is 0 Å². The highest BCUT2D eigenvalue weighted by Crippen LogP contribution is 2.45. The Morgan fingerprint density at radius 3 is 2.69 bits per heavy atom. The average Bonchev–Trinajstić information content (AvgIpc) is 3.42. The summed E-state index contributed by atoms with van der Waals surface area (Å²) in [6.45, 7) is 2.41. The van der Waals surface area contributed by atoms with Crippen LogP contribution in [0.2, 0.25) is 5.02 Å². The summed E-state index contributed by atoms with van der Waals surface area (Å²) in [5, 5.41) is 11.8. The highest BCUT2D eigenvalue weighted by molar-refractivity contribution is 7.22. The zero-order valence-corrected chi connectivity index (χ0v) is 20.8. The minimum absolute atomic E-state index is 0.114. The number of hydrogen-bond donors (Lipinski definition) is 1. The number of Topliss-reactive ketones (excluding diaryl/α,β-unsaturated/α-hetero) is 1. The number of rotatable bonds is 6. The molecule has 36 heavy (non-hydrogen) atoms. The molecule has 1 amide bonds. The van der Waals surface area contributed by atoms with Crippen LogP contribution in [-0.4, -0.2) is 40.5 Å². The van der Waals surface area contributed by atoms with Crippen LogP contribution in [0, 0.1) is 0 Å². The lowest BCUT2D eigenvalue weighted by Crippen LogP contribution is -2.29. The van der Waals surface area contributed by atoms with Gasteiger partial charge in [-0.1, -0.05) is 29.0 Å². The molecule has 10 heteroatoms. The number of carbonyl (C=O) groups excluding carboxylic acids is 2. The number of amides is 1. The molecule has 1 N–H and O–H groups in total. The SMILES string of the molecule is CCOc1ccc2nc(N3C(=O)C(=O)/C(=C(/O)c4cc(OC)ccc4Cl)C3c3cccnc3)sc2c1. The lowest BCUT2D eigenvalue weighted by atomic mass is 9.96. The first-order valence-corrected chi connectivity index (χ1v) is 12.2. The maximum absolute atomic E-state index is 13.4. The number of aromatic nitrogens is 2. The second kappa shape index (κ2) is 9.60. The predicted octanol–water partition coefficient (Wildman–Crippen LogP) is 5.38. The van der Waals surface area contributed by atoms with Crippen molar-refractivity contribution in [2.45, 2.75) is 13.0 Å². The van der Waals surface area contributed by atoms with Gasteiger partial charge in [-0.3, -0.25) is 19.5 Å². The second-order valence-corrected chi connectivity index (χ2v) is 9.28. The van der Waals surface area contributed by atoms with Crippen LogP contribution in [0.3, 0.4) is 0 Å². The molecule has 0 bridgehead atoms.